The van der Waals surface area contributed by atoms with Gasteiger partial charge < -0.3 is 0 Å². The second-order valence-electron chi connectivity index (χ2n) is 6.75. The number of pyridine rings is 1. The van der Waals surface area contributed by atoms with Gasteiger partial charge in [0.25, 0.3) is 10.1 Å². The van der Waals surface area contributed by atoms with Crippen molar-refractivity contribution in [2.75, 3.05) is 19.9 Å². The van der Waals surface area contributed by atoms with E-state index < -0.39 is 10.1 Å². The molecular weight excluding hydrogens is 342 g/mol. The predicted molar refractivity (Wildman–Crippen MR) is 97.3 cm³/mol. The highest BCUT2D eigenvalue weighted by molar-refractivity contribution is 7.85. The van der Waals surface area contributed by atoms with E-state index in [2.05, 4.69) is 25.4 Å². The molecule has 0 radical (unpaired) electrons. The molecule has 0 bridgehead atoms. The van der Waals surface area contributed by atoms with E-state index in [0.29, 0.717) is 18.7 Å². The van der Waals surface area contributed by atoms with Crippen LogP contribution in [0.3, 0.4) is 0 Å². The predicted octanol–water partition coefficient (Wildman–Crippen LogP) is 2.10. The fourth-order valence-corrected chi connectivity index (χ4v) is 3.25. The van der Waals surface area contributed by atoms with Gasteiger partial charge >= 0.3 is 5.82 Å². The van der Waals surface area contributed by atoms with Crippen LogP contribution in [0.2, 0.25) is 0 Å². The van der Waals surface area contributed by atoms with Gasteiger partial charge in [-0.2, -0.15) is 8.42 Å². The molecule has 1 aromatic heterocycles. The van der Waals surface area contributed by atoms with Crippen molar-refractivity contribution in [3.63, 3.8) is 0 Å². The van der Waals surface area contributed by atoms with E-state index in [1.807, 2.05) is 23.8 Å². The van der Waals surface area contributed by atoms with Gasteiger partial charge in [-0.15, -0.1) is 0 Å². The Morgan fingerprint density at radius 2 is 2.12 bits per heavy atom. The molecule has 0 spiro atoms. The van der Waals surface area contributed by atoms with Crippen LogP contribution in [0.1, 0.15) is 38.3 Å². The molecule has 0 amide bonds. The summed E-state index contributed by atoms with van der Waals surface area (Å²) in [6, 6.07) is 2.05. The minimum atomic E-state index is -3.98. The van der Waals surface area contributed by atoms with Crippen LogP contribution < -0.4 is 4.57 Å². The summed E-state index contributed by atoms with van der Waals surface area (Å²) >= 11 is 0. The van der Waals surface area contributed by atoms with Crippen molar-refractivity contribution in [3.05, 3.63) is 30.0 Å². The van der Waals surface area contributed by atoms with Crippen molar-refractivity contribution < 1.29 is 22.4 Å². The summed E-state index contributed by atoms with van der Waals surface area (Å²) in [5.41, 5.74) is 3.39. The van der Waals surface area contributed by atoms with Crippen LogP contribution >= 0.6 is 0 Å². The van der Waals surface area contributed by atoms with E-state index in [9.17, 15) is 8.42 Å². The van der Waals surface area contributed by atoms with Crippen LogP contribution in [0.25, 0.3) is 5.70 Å². The first-order chi connectivity index (χ1) is 11.5. The fraction of sp³-hybridized carbons (Fsp3) is 0.529. The standard InChI is InChI=1S/C17H25N3O4S/c1-12(19(5)24-6)14-10-15-16(18-13(2)17(15,3)4)20(11-14)8-7-9-25(21,22)23/h10-11H,1,7-9H2,2-6H3/p+1. The molecule has 138 valence electrons. The lowest BCUT2D eigenvalue weighted by Gasteiger charge is -2.21. The Morgan fingerprint density at radius 1 is 1.48 bits per heavy atom. The molecule has 0 fully saturated rings. The second kappa shape index (κ2) is 6.86. The second-order valence-corrected chi connectivity index (χ2v) is 8.32. The molecule has 0 atom stereocenters. The Hall–Kier alpha value is -1.77. The Balaban J connectivity index is 2.46. The molecular formula is C17H26N3O4S+. The molecule has 25 heavy (non-hydrogen) atoms. The van der Waals surface area contributed by atoms with Crippen molar-refractivity contribution in [2.45, 2.75) is 39.2 Å². The lowest BCUT2D eigenvalue weighted by atomic mass is 9.82. The highest BCUT2D eigenvalue weighted by atomic mass is 32.2. The van der Waals surface area contributed by atoms with Crippen LogP contribution in [0.4, 0.5) is 5.82 Å². The highest BCUT2D eigenvalue weighted by Gasteiger charge is 2.41. The zero-order valence-electron chi connectivity index (χ0n) is 15.4. The number of aryl methyl sites for hydroxylation is 1. The third-order valence-electron chi connectivity index (χ3n) is 4.75. The number of nitrogens with zero attached hydrogens (tertiary/aromatic N) is 3. The lowest BCUT2D eigenvalue weighted by molar-refractivity contribution is -0.684. The topological polar surface area (TPSA) is 83.1 Å². The Bertz CT molecular complexity index is 829. The van der Waals surface area contributed by atoms with Crippen LogP contribution in [0, 0.1) is 0 Å². The molecule has 0 aromatic carbocycles. The molecule has 0 saturated heterocycles. The fourth-order valence-electron chi connectivity index (χ4n) is 2.76. The average molecular weight is 368 g/mol. The van der Waals surface area contributed by atoms with Crippen molar-refractivity contribution in [3.8, 4) is 0 Å². The Labute approximate surface area is 149 Å². The van der Waals surface area contributed by atoms with Crippen molar-refractivity contribution in [1.29, 1.82) is 0 Å². The number of fused-ring (bicyclic) bond motifs is 1. The highest BCUT2D eigenvalue weighted by Crippen LogP contribution is 2.39. The molecule has 7 nitrogen and oxygen atoms in total. The quantitative estimate of drug-likeness (QED) is 0.453. The van der Waals surface area contributed by atoms with Crippen molar-refractivity contribution in [1.82, 2.24) is 5.06 Å². The van der Waals surface area contributed by atoms with Gasteiger partial charge in [0.05, 0.1) is 36.1 Å². The maximum Gasteiger partial charge on any atom is 0.327 e. The van der Waals surface area contributed by atoms with Gasteiger partial charge in [0.15, 0.2) is 0 Å². The van der Waals surface area contributed by atoms with Gasteiger partial charge in [-0.25, -0.2) is 4.57 Å². The van der Waals surface area contributed by atoms with Gasteiger partial charge in [-0.3, -0.25) is 14.5 Å². The van der Waals surface area contributed by atoms with E-state index in [-0.39, 0.29) is 11.2 Å². The van der Waals surface area contributed by atoms with Crippen LogP contribution in [-0.2, 0) is 26.9 Å². The first-order valence-corrected chi connectivity index (χ1v) is 9.64. The summed E-state index contributed by atoms with van der Waals surface area (Å²) in [6.07, 6.45) is 2.18. The molecule has 1 aliphatic rings. The third-order valence-corrected chi connectivity index (χ3v) is 5.55. The Morgan fingerprint density at radius 3 is 2.68 bits per heavy atom. The summed E-state index contributed by atoms with van der Waals surface area (Å²) in [6.45, 7) is 10.7. The molecule has 2 rings (SSSR count). The van der Waals surface area contributed by atoms with E-state index in [1.165, 1.54) is 0 Å². The van der Waals surface area contributed by atoms with E-state index >= 15 is 0 Å². The number of hydrogen-bond donors (Lipinski definition) is 1. The van der Waals surface area contributed by atoms with Gasteiger partial charge in [0.2, 0.25) is 0 Å². The van der Waals surface area contributed by atoms with Crippen molar-refractivity contribution >= 4 is 27.3 Å². The summed E-state index contributed by atoms with van der Waals surface area (Å²) in [7, 11) is -0.646. The van der Waals surface area contributed by atoms with Crippen LogP contribution in [0.15, 0.2) is 23.8 Å². The van der Waals surface area contributed by atoms with E-state index in [4.69, 9.17) is 9.39 Å². The zero-order chi connectivity index (χ0) is 19.0. The summed E-state index contributed by atoms with van der Waals surface area (Å²) < 4.78 is 32.9. The number of aromatic nitrogens is 1. The minimum absolute atomic E-state index is 0.220. The van der Waals surface area contributed by atoms with Crippen LogP contribution in [0.5, 0.6) is 0 Å². The maximum atomic E-state index is 11.0. The summed E-state index contributed by atoms with van der Waals surface area (Å²) in [5.74, 6) is 0.527. The van der Waals surface area contributed by atoms with Gasteiger partial charge in [0, 0.05) is 19.0 Å². The minimum Gasteiger partial charge on any atom is -0.286 e. The molecule has 1 aliphatic heterocycles. The maximum absolute atomic E-state index is 11.0. The third kappa shape index (κ3) is 4.08. The van der Waals surface area contributed by atoms with Crippen molar-refractivity contribution in [2.24, 2.45) is 4.99 Å². The number of hydrogen-bond acceptors (Lipinski definition) is 5. The number of hydroxylamine groups is 2. The SMILES string of the molecule is C=C(c1cc2c([n+](CCCS(=O)(=O)O)c1)N=C(C)C2(C)C)N(C)OC. The first kappa shape index (κ1) is 19.6. The molecule has 2 heterocycles. The molecule has 0 saturated carbocycles. The summed E-state index contributed by atoms with van der Waals surface area (Å²) in [4.78, 5) is 9.89. The summed E-state index contributed by atoms with van der Waals surface area (Å²) in [5, 5.41) is 1.57. The first-order valence-electron chi connectivity index (χ1n) is 8.03. The molecule has 8 heteroatoms. The monoisotopic (exact) mass is 368 g/mol. The smallest absolute Gasteiger partial charge is 0.286 e. The number of rotatable bonds is 7. The van der Waals surface area contributed by atoms with Crippen LogP contribution in [-0.4, -0.2) is 43.7 Å². The Kier molecular flexibility index (Phi) is 5.36. The average Bonchev–Trinajstić information content (AvgIpc) is 2.75. The van der Waals surface area contributed by atoms with E-state index in [1.54, 1.807) is 19.2 Å². The van der Waals surface area contributed by atoms with E-state index in [0.717, 1.165) is 22.7 Å². The molecule has 0 unspecified atom stereocenters. The normalized spacial score (nSPS) is 15.7. The van der Waals surface area contributed by atoms with Gasteiger partial charge in [0.1, 0.15) is 11.9 Å². The molecule has 0 aliphatic carbocycles. The number of aliphatic imine (C=N–C) groups is 1. The lowest BCUT2D eigenvalue weighted by Crippen LogP contribution is -2.37. The molecule has 1 N–H and O–H groups in total. The molecule has 1 aromatic rings. The van der Waals surface area contributed by atoms with Gasteiger partial charge in [-0.1, -0.05) is 6.58 Å². The zero-order valence-corrected chi connectivity index (χ0v) is 16.2. The van der Waals surface area contributed by atoms with Gasteiger partial charge in [-0.05, 0) is 31.8 Å². The largest absolute Gasteiger partial charge is 0.327 e.